The summed E-state index contributed by atoms with van der Waals surface area (Å²) in [6, 6.07) is 8.39. The first-order chi connectivity index (χ1) is 8.54. The molecule has 0 heterocycles. The predicted octanol–water partition coefficient (Wildman–Crippen LogP) is 0.268. The fourth-order valence-electron chi connectivity index (χ4n) is 1.48. The Kier molecular flexibility index (Phi) is 5.32. The number of nitrogens with one attached hydrogen (secondary N) is 1. The summed E-state index contributed by atoms with van der Waals surface area (Å²) in [6.07, 6.45) is -0.972. The smallest absolute Gasteiger partial charge is 0.328 e. The van der Waals surface area contributed by atoms with Crippen LogP contribution in [0.4, 0.5) is 0 Å². The highest BCUT2D eigenvalue weighted by Gasteiger charge is 2.21. The molecule has 18 heavy (non-hydrogen) atoms. The SMILES string of the molecule is COC(=O)[C@H](C)NC(=O)[C@H](O)Cc1ccccc1. The summed E-state index contributed by atoms with van der Waals surface area (Å²) in [4.78, 5) is 22.7. The van der Waals surface area contributed by atoms with E-state index in [4.69, 9.17) is 0 Å². The minimum atomic E-state index is -1.18. The van der Waals surface area contributed by atoms with Gasteiger partial charge in [0.2, 0.25) is 5.91 Å². The number of hydrogen-bond donors (Lipinski definition) is 2. The molecule has 0 unspecified atom stereocenters. The van der Waals surface area contributed by atoms with E-state index in [1.807, 2.05) is 30.3 Å². The van der Waals surface area contributed by atoms with Crippen LogP contribution in [0.15, 0.2) is 30.3 Å². The van der Waals surface area contributed by atoms with Crippen molar-refractivity contribution in [2.24, 2.45) is 0 Å². The average Bonchev–Trinajstić information content (AvgIpc) is 2.38. The van der Waals surface area contributed by atoms with Gasteiger partial charge in [-0.2, -0.15) is 0 Å². The topological polar surface area (TPSA) is 75.6 Å². The normalized spacial score (nSPS) is 13.5. The molecule has 5 nitrogen and oxygen atoms in total. The molecular formula is C13H17NO4. The molecule has 0 spiro atoms. The van der Waals surface area contributed by atoms with E-state index in [2.05, 4.69) is 10.1 Å². The van der Waals surface area contributed by atoms with Gasteiger partial charge in [-0.1, -0.05) is 30.3 Å². The molecule has 0 bridgehead atoms. The molecular weight excluding hydrogens is 234 g/mol. The zero-order valence-electron chi connectivity index (χ0n) is 10.4. The zero-order valence-corrected chi connectivity index (χ0v) is 10.4. The van der Waals surface area contributed by atoms with Crippen LogP contribution < -0.4 is 5.32 Å². The highest BCUT2D eigenvalue weighted by atomic mass is 16.5. The third kappa shape index (κ3) is 4.18. The highest BCUT2D eigenvalue weighted by Crippen LogP contribution is 2.03. The molecule has 98 valence electrons. The Morgan fingerprint density at radius 2 is 1.94 bits per heavy atom. The minimum absolute atomic E-state index is 0.209. The first-order valence-corrected chi connectivity index (χ1v) is 5.64. The Morgan fingerprint density at radius 3 is 2.50 bits per heavy atom. The molecule has 1 rings (SSSR count). The van der Waals surface area contributed by atoms with E-state index in [1.54, 1.807) is 0 Å². The molecule has 2 atom stereocenters. The van der Waals surface area contributed by atoms with Crippen LogP contribution in [0.25, 0.3) is 0 Å². The molecule has 0 aromatic heterocycles. The van der Waals surface area contributed by atoms with E-state index < -0.39 is 24.0 Å². The monoisotopic (exact) mass is 251 g/mol. The molecule has 0 saturated carbocycles. The Bertz CT molecular complexity index is 405. The van der Waals surface area contributed by atoms with Gasteiger partial charge in [-0.05, 0) is 12.5 Å². The van der Waals surface area contributed by atoms with Crippen molar-refractivity contribution in [1.29, 1.82) is 0 Å². The summed E-state index contributed by atoms with van der Waals surface area (Å²) in [7, 11) is 1.24. The lowest BCUT2D eigenvalue weighted by molar-refractivity contribution is -0.145. The van der Waals surface area contributed by atoms with E-state index in [0.29, 0.717) is 0 Å². The Labute approximate surface area is 106 Å². The Hall–Kier alpha value is -1.88. The van der Waals surface area contributed by atoms with E-state index in [1.165, 1.54) is 14.0 Å². The van der Waals surface area contributed by atoms with Crippen molar-refractivity contribution in [2.75, 3.05) is 7.11 Å². The van der Waals surface area contributed by atoms with Gasteiger partial charge in [-0.3, -0.25) is 4.79 Å². The van der Waals surface area contributed by atoms with Gasteiger partial charge in [0.1, 0.15) is 12.1 Å². The first kappa shape index (κ1) is 14.2. The molecule has 1 aromatic carbocycles. The van der Waals surface area contributed by atoms with Gasteiger partial charge >= 0.3 is 5.97 Å². The molecule has 0 aliphatic heterocycles. The minimum Gasteiger partial charge on any atom is -0.467 e. The number of aliphatic hydroxyl groups is 1. The van der Waals surface area contributed by atoms with E-state index in [9.17, 15) is 14.7 Å². The summed E-state index contributed by atoms with van der Waals surface area (Å²) < 4.78 is 4.48. The molecule has 1 aromatic rings. The van der Waals surface area contributed by atoms with Gasteiger partial charge < -0.3 is 15.2 Å². The molecule has 5 heteroatoms. The third-order valence-electron chi connectivity index (χ3n) is 2.49. The van der Waals surface area contributed by atoms with Crippen LogP contribution in [0.3, 0.4) is 0 Å². The number of methoxy groups -OCH3 is 1. The van der Waals surface area contributed by atoms with Crippen LogP contribution in [-0.2, 0) is 20.7 Å². The fraction of sp³-hybridized carbons (Fsp3) is 0.385. The van der Waals surface area contributed by atoms with Crippen LogP contribution >= 0.6 is 0 Å². The number of aliphatic hydroxyl groups excluding tert-OH is 1. The number of ether oxygens (including phenoxy) is 1. The second-order valence-electron chi connectivity index (χ2n) is 3.96. The first-order valence-electron chi connectivity index (χ1n) is 5.64. The van der Waals surface area contributed by atoms with Gasteiger partial charge in [0.25, 0.3) is 0 Å². The van der Waals surface area contributed by atoms with E-state index in [0.717, 1.165) is 5.56 Å². The summed E-state index contributed by atoms with van der Waals surface area (Å²) in [5.41, 5.74) is 0.853. The number of amides is 1. The van der Waals surface area contributed by atoms with E-state index >= 15 is 0 Å². The molecule has 0 fully saturated rings. The molecule has 0 aliphatic carbocycles. The van der Waals surface area contributed by atoms with Crippen molar-refractivity contribution >= 4 is 11.9 Å². The molecule has 0 saturated heterocycles. The van der Waals surface area contributed by atoms with Gasteiger partial charge in [-0.15, -0.1) is 0 Å². The van der Waals surface area contributed by atoms with Crippen molar-refractivity contribution in [2.45, 2.75) is 25.5 Å². The number of rotatable bonds is 5. The maximum Gasteiger partial charge on any atom is 0.328 e. The van der Waals surface area contributed by atoms with Gasteiger partial charge in [0.05, 0.1) is 7.11 Å². The largest absolute Gasteiger partial charge is 0.467 e. The summed E-state index contributed by atoms with van der Waals surface area (Å²) >= 11 is 0. The third-order valence-corrected chi connectivity index (χ3v) is 2.49. The van der Waals surface area contributed by atoms with Crippen molar-refractivity contribution < 1.29 is 19.4 Å². The molecule has 1 amide bonds. The lowest BCUT2D eigenvalue weighted by Gasteiger charge is -2.15. The van der Waals surface area contributed by atoms with Crippen LogP contribution in [0, 0.1) is 0 Å². The summed E-state index contributed by atoms with van der Waals surface area (Å²) in [5.74, 6) is -1.13. The lowest BCUT2D eigenvalue weighted by atomic mass is 10.1. The van der Waals surface area contributed by atoms with Gasteiger partial charge in [0, 0.05) is 6.42 Å². The highest BCUT2D eigenvalue weighted by molar-refractivity contribution is 5.86. The van der Waals surface area contributed by atoms with E-state index in [-0.39, 0.29) is 6.42 Å². The maximum absolute atomic E-state index is 11.6. The molecule has 0 aliphatic rings. The second kappa shape index (κ2) is 6.76. The van der Waals surface area contributed by atoms with Crippen LogP contribution in [0.1, 0.15) is 12.5 Å². The quantitative estimate of drug-likeness (QED) is 0.736. The average molecular weight is 251 g/mol. The van der Waals surface area contributed by atoms with Crippen LogP contribution in [0.5, 0.6) is 0 Å². The number of benzene rings is 1. The summed E-state index contributed by atoms with van der Waals surface area (Å²) in [6.45, 7) is 1.50. The Balaban J connectivity index is 2.49. The van der Waals surface area contributed by atoms with Gasteiger partial charge in [0.15, 0.2) is 0 Å². The predicted molar refractivity (Wildman–Crippen MR) is 65.8 cm³/mol. The zero-order chi connectivity index (χ0) is 13.5. The number of esters is 1. The summed E-state index contributed by atoms with van der Waals surface area (Å²) in [5, 5.41) is 12.1. The standard InChI is InChI=1S/C13H17NO4/c1-9(13(17)18-2)14-12(16)11(15)8-10-6-4-3-5-7-10/h3-7,9,11,15H,8H2,1-2H3,(H,14,16)/t9-,11+/m0/s1. The van der Waals surface area contributed by atoms with Crippen molar-refractivity contribution in [1.82, 2.24) is 5.32 Å². The Morgan fingerprint density at radius 1 is 1.33 bits per heavy atom. The number of carbonyl (C=O) groups is 2. The maximum atomic E-state index is 11.6. The number of carbonyl (C=O) groups excluding carboxylic acids is 2. The van der Waals surface area contributed by atoms with Crippen molar-refractivity contribution in [3.63, 3.8) is 0 Å². The van der Waals surface area contributed by atoms with Crippen LogP contribution in [-0.4, -0.2) is 36.2 Å². The number of hydrogen-bond acceptors (Lipinski definition) is 4. The van der Waals surface area contributed by atoms with Crippen molar-refractivity contribution in [3.05, 3.63) is 35.9 Å². The molecule has 0 radical (unpaired) electrons. The fourth-order valence-corrected chi connectivity index (χ4v) is 1.48. The van der Waals surface area contributed by atoms with Gasteiger partial charge in [-0.25, -0.2) is 4.79 Å². The van der Waals surface area contributed by atoms with Crippen LogP contribution in [0.2, 0.25) is 0 Å². The van der Waals surface area contributed by atoms with Crippen molar-refractivity contribution in [3.8, 4) is 0 Å². The second-order valence-corrected chi connectivity index (χ2v) is 3.96. The molecule has 2 N–H and O–H groups in total. The lowest BCUT2D eigenvalue weighted by Crippen LogP contribution is -2.44.